The van der Waals surface area contributed by atoms with Crippen LogP contribution in [-0.4, -0.2) is 33.1 Å². The van der Waals surface area contributed by atoms with E-state index >= 15 is 0 Å². The van der Waals surface area contributed by atoms with Gasteiger partial charge in [0.1, 0.15) is 0 Å². The minimum atomic E-state index is -0.00643. The maximum Gasteiger partial charge on any atom is 0.251 e. The molecule has 100 valence electrons. The van der Waals surface area contributed by atoms with Crippen molar-refractivity contribution in [1.29, 1.82) is 0 Å². The fourth-order valence-electron chi connectivity index (χ4n) is 1.66. The average molecular weight is 249 g/mol. The summed E-state index contributed by atoms with van der Waals surface area (Å²) in [6, 6.07) is 7.60. The van der Waals surface area contributed by atoms with Gasteiger partial charge in [-0.3, -0.25) is 4.79 Å². The minimum absolute atomic E-state index is 0.00643. The Hall–Kier alpha value is -1.55. The second-order valence-electron chi connectivity index (χ2n) is 4.55. The van der Waals surface area contributed by atoms with Gasteiger partial charge < -0.3 is 16.0 Å². The molecule has 0 saturated carbocycles. The highest BCUT2D eigenvalue weighted by atomic mass is 16.1. The van der Waals surface area contributed by atoms with E-state index in [-0.39, 0.29) is 5.91 Å². The lowest BCUT2D eigenvalue weighted by Crippen LogP contribution is -2.24. The van der Waals surface area contributed by atoms with Gasteiger partial charge >= 0.3 is 0 Å². The van der Waals surface area contributed by atoms with Crippen molar-refractivity contribution in [1.82, 2.24) is 5.32 Å². The molecular weight excluding hydrogens is 226 g/mol. The molecule has 0 heterocycles. The Morgan fingerprint density at radius 1 is 1.17 bits per heavy atom. The molecule has 0 fully saturated rings. The van der Waals surface area contributed by atoms with E-state index in [0.29, 0.717) is 12.1 Å². The number of nitrogens with zero attached hydrogens (tertiary/aromatic N) is 1. The quantitative estimate of drug-likeness (QED) is 0.722. The highest BCUT2D eigenvalue weighted by molar-refractivity contribution is 5.94. The Morgan fingerprint density at radius 2 is 1.83 bits per heavy atom. The molecule has 1 amide bonds. The van der Waals surface area contributed by atoms with E-state index < -0.39 is 0 Å². The molecule has 18 heavy (non-hydrogen) atoms. The van der Waals surface area contributed by atoms with E-state index in [4.69, 9.17) is 5.73 Å². The van der Waals surface area contributed by atoms with Gasteiger partial charge in [0, 0.05) is 31.9 Å². The molecule has 0 bridgehead atoms. The first-order valence-electron chi connectivity index (χ1n) is 6.41. The summed E-state index contributed by atoms with van der Waals surface area (Å²) in [5.74, 6) is -0.00643. The van der Waals surface area contributed by atoms with Crippen molar-refractivity contribution in [2.45, 2.75) is 19.3 Å². The maximum absolute atomic E-state index is 11.8. The van der Waals surface area contributed by atoms with Gasteiger partial charge in [-0.15, -0.1) is 0 Å². The summed E-state index contributed by atoms with van der Waals surface area (Å²) in [5.41, 5.74) is 7.21. The molecule has 0 unspecified atom stereocenters. The molecule has 4 heteroatoms. The topological polar surface area (TPSA) is 58.4 Å². The van der Waals surface area contributed by atoms with Crippen molar-refractivity contribution >= 4 is 11.6 Å². The van der Waals surface area contributed by atoms with Crippen LogP contribution in [0.15, 0.2) is 24.3 Å². The van der Waals surface area contributed by atoms with Crippen LogP contribution in [0.4, 0.5) is 5.69 Å². The van der Waals surface area contributed by atoms with Crippen molar-refractivity contribution in [2.75, 3.05) is 32.1 Å². The third-order valence-electron chi connectivity index (χ3n) is 2.81. The summed E-state index contributed by atoms with van der Waals surface area (Å²) in [6.45, 7) is 1.44. The number of benzene rings is 1. The summed E-state index contributed by atoms with van der Waals surface area (Å²) in [4.78, 5) is 13.8. The van der Waals surface area contributed by atoms with E-state index in [1.165, 1.54) is 0 Å². The van der Waals surface area contributed by atoms with Gasteiger partial charge in [-0.05, 0) is 43.7 Å². The van der Waals surface area contributed by atoms with Crippen LogP contribution in [0.25, 0.3) is 0 Å². The molecule has 0 aliphatic rings. The Labute approximate surface area is 109 Å². The highest BCUT2D eigenvalue weighted by Crippen LogP contribution is 2.12. The van der Waals surface area contributed by atoms with E-state index in [1.54, 1.807) is 0 Å². The predicted octanol–water partition coefficient (Wildman–Crippen LogP) is 1.61. The van der Waals surface area contributed by atoms with Gasteiger partial charge in [0.25, 0.3) is 5.91 Å². The predicted molar refractivity (Wildman–Crippen MR) is 76.0 cm³/mol. The number of carbonyl (C=O) groups is 1. The van der Waals surface area contributed by atoms with Crippen molar-refractivity contribution in [3.8, 4) is 0 Å². The van der Waals surface area contributed by atoms with Gasteiger partial charge in [-0.2, -0.15) is 0 Å². The fraction of sp³-hybridized carbons (Fsp3) is 0.500. The molecule has 0 saturated heterocycles. The molecule has 0 aromatic heterocycles. The number of carbonyl (C=O) groups excluding carboxylic acids is 1. The Bertz CT molecular complexity index is 360. The Kier molecular flexibility index (Phi) is 6.22. The van der Waals surface area contributed by atoms with Crippen LogP contribution in [0.2, 0.25) is 0 Å². The van der Waals surface area contributed by atoms with Crippen molar-refractivity contribution in [3.05, 3.63) is 29.8 Å². The van der Waals surface area contributed by atoms with Gasteiger partial charge in [-0.1, -0.05) is 6.42 Å². The summed E-state index contributed by atoms with van der Waals surface area (Å²) in [5, 5.41) is 2.91. The van der Waals surface area contributed by atoms with Crippen LogP contribution in [0.5, 0.6) is 0 Å². The summed E-state index contributed by atoms with van der Waals surface area (Å²) < 4.78 is 0. The highest BCUT2D eigenvalue weighted by Gasteiger charge is 2.04. The van der Waals surface area contributed by atoms with E-state index in [1.807, 2.05) is 43.3 Å². The lowest BCUT2D eigenvalue weighted by atomic mass is 10.2. The third kappa shape index (κ3) is 4.75. The van der Waals surface area contributed by atoms with Crippen molar-refractivity contribution < 1.29 is 4.79 Å². The zero-order chi connectivity index (χ0) is 13.4. The zero-order valence-electron chi connectivity index (χ0n) is 11.3. The van der Waals surface area contributed by atoms with Crippen LogP contribution >= 0.6 is 0 Å². The minimum Gasteiger partial charge on any atom is -0.378 e. The van der Waals surface area contributed by atoms with Crippen molar-refractivity contribution in [3.63, 3.8) is 0 Å². The largest absolute Gasteiger partial charge is 0.378 e. The first-order valence-corrected chi connectivity index (χ1v) is 6.41. The van der Waals surface area contributed by atoms with Gasteiger partial charge in [0.05, 0.1) is 0 Å². The molecule has 3 N–H and O–H groups in total. The SMILES string of the molecule is CN(C)c1ccc(C(=O)NCCCCCN)cc1. The van der Waals surface area contributed by atoms with Crippen molar-refractivity contribution in [2.24, 2.45) is 5.73 Å². The molecule has 4 nitrogen and oxygen atoms in total. The van der Waals surface area contributed by atoms with Crippen LogP contribution in [0.1, 0.15) is 29.6 Å². The normalized spacial score (nSPS) is 10.2. The second kappa shape index (κ2) is 7.71. The number of hydrogen-bond donors (Lipinski definition) is 2. The van der Waals surface area contributed by atoms with E-state index in [2.05, 4.69) is 5.32 Å². The number of nitrogens with two attached hydrogens (primary N) is 1. The standard InChI is InChI=1S/C14H23N3O/c1-17(2)13-8-6-12(7-9-13)14(18)16-11-5-3-4-10-15/h6-9H,3-5,10-11,15H2,1-2H3,(H,16,18). The lowest BCUT2D eigenvalue weighted by Gasteiger charge is -2.12. The number of rotatable bonds is 7. The smallest absolute Gasteiger partial charge is 0.251 e. The molecule has 0 atom stereocenters. The molecule has 0 spiro atoms. The van der Waals surface area contributed by atoms with E-state index in [9.17, 15) is 4.79 Å². The Balaban J connectivity index is 2.37. The molecule has 0 radical (unpaired) electrons. The summed E-state index contributed by atoms with van der Waals surface area (Å²) in [6.07, 6.45) is 3.07. The average Bonchev–Trinajstić information content (AvgIpc) is 2.38. The van der Waals surface area contributed by atoms with Gasteiger partial charge in [0.15, 0.2) is 0 Å². The van der Waals surface area contributed by atoms with Crippen LogP contribution in [0, 0.1) is 0 Å². The fourth-order valence-corrected chi connectivity index (χ4v) is 1.66. The van der Waals surface area contributed by atoms with Gasteiger partial charge in [-0.25, -0.2) is 0 Å². The number of unbranched alkanes of at least 4 members (excludes halogenated alkanes) is 2. The number of amides is 1. The number of anilines is 1. The zero-order valence-corrected chi connectivity index (χ0v) is 11.3. The van der Waals surface area contributed by atoms with Crippen LogP contribution in [0.3, 0.4) is 0 Å². The molecule has 1 aromatic carbocycles. The molecular formula is C14H23N3O. The summed E-state index contributed by atoms with van der Waals surface area (Å²) in [7, 11) is 3.96. The van der Waals surface area contributed by atoms with E-state index in [0.717, 1.165) is 31.5 Å². The monoisotopic (exact) mass is 249 g/mol. The second-order valence-corrected chi connectivity index (χ2v) is 4.55. The summed E-state index contributed by atoms with van der Waals surface area (Å²) >= 11 is 0. The maximum atomic E-state index is 11.8. The lowest BCUT2D eigenvalue weighted by molar-refractivity contribution is 0.0953. The first-order chi connectivity index (χ1) is 8.65. The Morgan fingerprint density at radius 3 is 2.39 bits per heavy atom. The first kappa shape index (κ1) is 14.5. The number of hydrogen-bond acceptors (Lipinski definition) is 3. The van der Waals surface area contributed by atoms with Crippen LogP contribution < -0.4 is 16.0 Å². The van der Waals surface area contributed by atoms with Gasteiger partial charge in [0.2, 0.25) is 0 Å². The molecule has 0 aliphatic carbocycles. The molecule has 1 rings (SSSR count). The number of nitrogens with one attached hydrogen (secondary N) is 1. The third-order valence-corrected chi connectivity index (χ3v) is 2.81. The van der Waals surface area contributed by atoms with Crippen LogP contribution in [-0.2, 0) is 0 Å². The molecule has 1 aromatic rings. The molecule has 0 aliphatic heterocycles.